The number of alkyl halides is 3. The molecule has 0 bridgehead atoms. The highest BCUT2D eigenvalue weighted by Crippen LogP contribution is 2.49. The van der Waals surface area contributed by atoms with Crippen LogP contribution in [-0.2, 0) is 4.79 Å². The van der Waals surface area contributed by atoms with Crippen LogP contribution in [0.1, 0.15) is 13.3 Å². The summed E-state index contributed by atoms with van der Waals surface area (Å²) < 4.78 is 40.2. The zero-order chi connectivity index (χ0) is 15.2. The summed E-state index contributed by atoms with van der Waals surface area (Å²) in [6, 6.07) is -0.224. The lowest BCUT2D eigenvalue weighted by atomic mass is 9.72. The molecule has 2 heterocycles. The minimum absolute atomic E-state index is 0.109. The van der Waals surface area contributed by atoms with E-state index < -0.39 is 18.0 Å². The van der Waals surface area contributed by atoms with Gasteiger partial charge in [-0.2, -0.15) is 13.2 Å². The zero-order valence-corrected chi connectivity index (χ0v) is 11.7. The van der Waals surface area contributed by atoms with Crippen LogP contribution in [0.4, 0.5) is 13.2 Å². The Morgan fingerprint density at radius 1 is 1.43 bits per heavy atom. The van der Waals surface area contributed by atoms with Crippen molar-refractivity contribution in [1.82, 2.24) is 4.90 Å². The van der Waals surface area contributed by atoms with Gasteiger partial charge in [-0.25, -0.2) is 0 Å². The van der Waals surface area contributed by atoms with E-state index in [1.54, 1.807) is 30.2 Å². The number of rotatable bonds is 1. The fourth-order valence-corrected chi connectivity index (χ4v) is 3.75. The highest BCUT2D eigenvalue weighted by Gasteiger charge is 2.58. The van der Waals surface area contributed by atoms with Crippen molar-refractivity contribution in [3.05, 3.63) is 23.8 Å². The van der Waals surface area contributed by atoms with Gasteiger partial charge in [0.1, 0.15) is 0 Å². The van der Waals surface area contributed by atoms with Gasteiger partial charge in [-0.15, -0.1) is 0 Å². The van der Waals surface area contributed by atoms with Gasteiger partial charge in [-0.1, -0.05) is 23.8 Å². The molecule has 3 nitrogen and oxygen atoms in total. The molecule has 0 aromatic carbocycles. The molecule has 0 aromatic rings. The molecule has 3 rings (SSSR count). The van der Waals surface area contributed by atoms with E-state index in [0.717, 1.165) is 0 Å². The minimum atomic E-state index is -4.35. The summed E-state index contributed by atoms with van der Waals surface area (Å²) in [4.78, 5) is 18.1. The molecule has 1 amide bonds. The maximum Gasteiger partial charge on any atom is 0.392 e. The van der Waals surface area contributed by atoms with Crippen LogP contribution in [0.25, 0.3) is 0 Å². The largest absolute Gasteiger partial charge is 0.392 e. The minimum Gasteiger partial charge on any atom is -0.332 e. The number of amides is 1. The second kappa shape index (κ2) is 5.00. The molecule has 0 spiro atoms. The molecule has 1 fully saturated rings. The molecule has 21 heavy (non-hydrogen) atoms. The van der Waals surface area contributed by atoms with E-state index in [1.165, 1.54) is 0 Å². The predicted molar refractivity (Wildman–Crippen MR) is 72.9 cm³/mol. The number of allylic oxidation sites excluding steroid dienone is 3. The molecular weight excluding hydrogens is 281 g/mol. The van der Waals surface area contributed by atoms with Crippen LogP contribution in [0.2, 0.25) is 0 Å². The summed E-state index contributed by atoms with van der Waals surface area (Å²) in [5.74, 6) is -3.32. The number of nitrogens with zero attached hydrogens (tertiary/aromatic N) is 2. The third kappa shape index (κ3) is 2.30. The molecule has 1 aliphatic carbocycles. The van der Waals surface area contributed by atoms with E-state index in [-0.39, 0.29) is 24.3 Å². The second-order valence-corrected chi connectivity index (χ2v) is 5.80. The van der Waals surface area contributed by atoms with Crippen molar-refractivity contribution in [3.63, 3.8) is 0 Å². The SMILES string of the molecule is CC=CC1=CC2[C@@H](C(=O)N3CC=NC[C@H]23)C(C(F)(F)F)C1. The number of aliphatic imine (C=N–C) groups is 1. The molecule has 0 saturated carbocycles. The molecule has 1 saturated heterocycles. The van der Waals surface area contributed by atoms with E-state index in [2.05, 4.69) is 4.99 Å². The number of halogens is 3. The average Bonchev–Trinajstić information content (AvgIpc) is 2.72. The fraction of sp³-hybridized carbons (Fsp3) is 0.600. The van der Waals surface area contributed by atoms with Crippen LogP contribution in [-0.4, -0.2) is 42.3 Å². The summed E-state index contributed by atoms with van der Waals surface area (Å²) in [5.41, 5.74) is 0.672. The van der Waals surface area contributed by atoms with Gasteiger partial charge in [0, 0.05) is 12.1 Å². The molecule has 6 heteroatoms. The van der Waals surface area contributed by atoms with Gasteiger partial charge in [0.15, 0.2) is 0 Å². The van der Waals surface area contributed by atoms with Gasteiger partial charge >= 0.3 is 6.18 Å². The van der Waals surface area contributed by atoms with Crippen molar-refractivity contribution in [3.8, 4) is 0 Å². The monoisotopic (exact) mass is 298 g/mol. The summed E-state index contributed by atoms with van der Waals surface area (Å²) in [5, 5.41) is 0. The maximum atomic E-state index is 13.4. The van der Waals surface area contributed by atoms with Crippen LogP contribution in [0.3, 0.4) is 0 Å². The normalized spacial score (nSPS) is 35.9. The predicted octanol–water partition coefficient (Wildman–Crippen LogP) is 2.60. The van der Waals surface area contributed by atoms with E-state index in [1.807, 2.05) is 6.08 Å². The van der Waals surface area contributed by atoms with Crippen LogP contribution in [0.5, 0.6) is 0 Å². The van der Waals surface area contributed by atoms with Crippen molar-refractivity contribution in [1.29, 1.82) is 0 Å². The molecular formula is C15H17F3N2O. The molecule has 0 aromatic heterocycles. The first-order valence-electron chi connectivity index (χ1n) is 7.12. The number of carbonyl (C=O) groups excluding carboxylic acids is 1. The summed E-state index contributed by atoms with van der Waals surface area (Å²) in [7, 11) is 0. The van der Waals surface area contributed by atoms with E-state index in [9.17, 15) is 18.0 Å². The number of fused-ring (bicyclic) bond motifs is 3. The molecule has 0 radical (unpaired) electrons. The quantitative estimate of drug-likeness (QED) is 0.732. The number of carbonyl (C=O) groups is 1. The number of hydrogen-bond acceptors (Lipinski definition) is 2. The second-order valence-electron chi connectivity index (χ2n) is 5.80. The first-order chi connectivity index (χ1) is 9.93. The third-order valence-corrected chi connectivity index (χ3v) is 4.62. The number of hydrogen-bond donors (Lipinski definition) is 0. The average molecular weight is 298 g/mol. The molecule has 4 atom stereocenters. The summed E-state index contributed by atoms with van der Waals surface area (Å²) in [6.45, 7) is 2.51. The first kappa shape index (κ1) is 14.4. The van der Waals surface area contributed by atoms with Gasteiger partial charge in [0.05, 0.1) is 31.0 Å². The molecule has 0 N–H and O–H groups in total. The molecule has 114 valence electrons. The smallest absolute Gasteiger partial charge is 0.332 e. The van der Waals surface area contributed by atoms with E-state index in [0.29, 0.717) is 18.7 Å². The van der Waals surface area contributed by atoms with Gasteiger partial charge in [-0.05, 0) is 13.3 Å². The Labute approximate surface area is 121 Å². The zero-order valence-electron chi connectivity index (χ0n) is 11.7. The van der Waals surface area contributed by atoms with Crippen LogP contribution in [0.15, 0.2) is 28.8 Å². The molecule has 3 aliphatic rings. The lowest BCUT2D eigenvalue weighted by Crippen LogP contribution is -2.41. The van der Waals surface area contributed by atoms with E-state index >= 15 is 0 Å². The fourth-order valence-electron chi connectivity index (χ4n) is 3.75. The van der Waals surface area contributed by atoms with Gasteiger partial charge in [0.2, 0.25) is 5.91 Å². The van der Waals surface area contributed by atoms with Crippen LogP contribution in [0, 0.1) is 17.8 Å². The summed E-state index contributed by atoms with van der Waals surface area (Å²) >= 11 is 0. The Morgan fingerprint density at radius 3 is 2.86 bits per heavy atom. The first-order valence-corrected chi connectivity index (χ1v) is 7.12. The van der Waals surface area contributed by atoms with Gasteiger partial charge in [-0.3, -0.25) is 9.79 Å². The van der Waals surface area contributed by atoms with Crippen LogP contribution >= 0.6 is 0 Å². The van der Waals surface area contributed by atoms with Crippen molar-refractivity contribution < 1.29 is 18.0 Å². The standard InChI is InChI=1S/C15H17F3N2O/c1-2-3-9-6-10-12-8-19-4-5-20(12)14(21)13(10)11(7-9)15(16,17)18/h2-4,6,10-13H,5,7-8H2,1H3/t10?,11?,12-,13-/m1/s1. The lowest BCUT2D eigenvalue weighted by Gasteiger charge is -2.33. The highest BCUT2D eigenvalue weighted by molar-refractivity contribution is 5.86. The molecule has 2 unspecified atom stereocenters. The van der Waals surface area contributed by atoms with Gasteiger partial charge < -0.3 is 4.90 Å². The van der Waals surface area contributed by atoms with Crippen molar-refractivity contribution in [2.45, 2.75) is 25.6 Å². The Morgan fingerprint density at radius 2 is 2.19 bits per heavy atom. The Bertz CT molecular complexity index is 536. The van der Waals surface area contributed by atoms with Crippen LogP contribution < -0.4 is 0 Å². The Hall–Kier alpha value is -1.59. The van der Waals surface area contributed by atoms with Gasteiger partial charge in [0.25, 0.3) is 0 Å². The maximum absolute atomic E-state index is 13.4. The summed E-state index contributed by atoms with van der Waals surface area (Å²) in [6.07, 6.45) is 2.47. The Kier molecular flexibility index (Phi) is 3.42. The highest BCUT2D eigenvalue weighted by atomic mass is 19.4. The van der Waals surface area contributed by atoms with E-state index in [4.69, 9.17) is 0 Å². The van der Waals surface area contributed by atoms with Crippen molar-refractivity contribution >= 4 is 12.1 Å². The Balaban J connectivity index is 2.02. The third-order valence-electron chi connectivity index (χ3n) is 4.62. The molecule has 2 aliphatic heterocycles. The van der Waals surface area contributed by atoms with Crippen molar-refractivity contribution in [2.75, 3.05) is 13.1 Å². The topological polar surface area (TPSA) is 32.7 Å². The lowest BCUT2D eigenvalue weighted by molar-refractivity contribution is -0.193. The van der Waals surface area contributed by atoms with Crippen molar-refractivity contribution in [2.24, 2.45) is 22.7 Å².